The van der Waals surface area contributed by atoms with Crippen molar-refractivity contribution in [2.45, 2.75) is 51.7 Å². The number of hydrogen-bond acceptors (Lipinski definition) is 6. The molecule has 2 heterocycles. The Bertz CT molecular complexity index is 707. The van der Waals surface area contributed by atoms with Crippen molar-refractivity contribution in [3.05, 3.63) is 17.7 Å². The van der Waals surface area contributed by atoms with Crippen LogP contribution in [-0.4, -0.2) is 51.7 Å². The lowest BCUT2D eigenvalue weighted by Gasteiger charge is -2.32. The van der Waals surface area contributed by atoms with Crippen molar-refractivity contribution >= 4 is 18.3 Å². The summed E-state index contributed by atoms with van der Waals surface area (Å²) in [4.78, 5) is 2.23. The summed E-state index contributed by atoms with van der Waals surface area (Å²) in [7, 11) is 1.12. The zero-order chi connectivity index (χ0) is 19.7. The Kier molecular flexibility index (Phi) is 5.71. The Morgan fingerprint density at radius 1 is 1.11 bits per heavy atom. The summed E-state index contributed by atoms with van der Waals surface area (Å²) in [5.74, 6) is 0.692. The van der Waals surface area contributed by atoms with Crippen molar-refractivity contribution in [3.63, 3.8) is 0 Å². The van der Waals surface area contributed by atoms with Gasteiger partial charge in [-0.2, -0.15) is 5.26 Å². The molecule has 1 aromatic carbocycles. The standard InChI is InChI=1S/C20H29BN2O4/c1-19(2)20(3,4)27-21(26-19)16-12-15(14-22)18(23-8-6-7-9-23)17(13-16)25-11-10-24-5/h12-13H,6-11H2,1-5H3. The second-order valence-electron chi connectivity index (χ2n) is 8.15. The molecule has 1 aromatic rings. The van der Waals surface area contributed by atoms with Crippen molar-refractivity contribution in [2.75, 3.05) is 38.3 Å². The molecule has 3 rings (SSSR count). The van der Waals surface area contributed by atoms with Gasteiger partial charge in [0, 0.05) is 20.2 Å². The minimum absolute atomic E-state index is 0.426. The summed E-state index contributed by atoms with van der Waals surface area (Å²) in [5, 5.41) is 9.81. The maximum absolute atomic E-state index is 9.81. The number of benzene rings is 1. The number of nitrogens with zero attached hydrogens (tertiary/aromatic N) is 2. The van der Waals surface area contributed by atoms with Crippen LogP contribution in [0.5, 0.6) is 5.75 Å². The van der Waals surface area contributed by atoms with Gasteiger partial charge in [-0.1, -0.05) is 0 Å². The lowest BCUT2D eigenvalue weighted by molar-refractivity contribution is 0.00578. The monoisotopic (exact) mass is 372 g/mol. The molecule has 0 amide bonds. The summed E-state index contributed by atoms with van der Waals surface area (Å²) in [5.41, 5.74) is 1.40. The van der Waals surface area contributed by atoms with Crippen LogP contribution in [0.1, 0.15) is 46.1 Å². The molecule has 0 aromatic heterocycles. The molecule has 0 saturated carbocycles. The first-order valence-electron chi connectivity index (χ1n) is 9.59. The predicted octanol–water partition coefficient (Wildman–Crippen LogP) is 2.48. The molecule has 0 spiro atoms. The summed E-state index contributed by atoms with van der Waals surface area (Å²) in [6, 6.07) is 6.17. The van der Waals surface area contributed by atoms with Crippen LogP contribution in [0.15, 0.2) is 12.1 Å². The van der Waals surface area contributed by atoms with Crippen LogP contribution in [0.4, 0.5) is 5.69 Å². The first-order valence-corrected chi connectivity index (χ1v) is 9.59. The van der Waals surface area contributed by atoms with Crippen molar-refractivity contribution < 1.29 is 18.8 Å². The lowest BCUT2D eigenvalue weighted by atomic mass is 9.78. The van der Waals surface area contributed by atoms with Crippen molar-refractivity contribution in [1.82, 2.24) is 0 Å². The Balaban J connectivity index is 1.98. The molecular formula is C20H29BN2O4. The van der Waals surface area contributed by atoms with Crippen molar-refractivity contribution in [2.24, 2.45) is 0 Å². The second kappa shape index (κ2) is 7.71. The third kappa shape index (κ3) is 3.93. The number of methoxy groups -OCH3 is 1. The average Bonchev–Trinajstić information content (AvgIpc) is 3.20. The first kappa shape index (κ1) is 20.0. The van der Waals surface area contributed by atoms with E-state index in [4.69, 9.17) is 18.8 Å². The molecule has 6 nitrogen and oxygen atoms in total. The first-order chi connectivity index (χ1) is 12.8. The van der Waals surface area contributed by atoms with Gasteiger partial charge in [0.1, 0.15) is 18.4 Å². The molecule has 146 valence electrons. The fraction of sp³-hybridized carbons (Fsp3) is 0.650. The van der Waals surface area contributed by atoms with Crippen molar-refractivity contribution in [1.29, 1.82) is 5.26 Å². The van der Waals surface area contributed by atoms with Crippen molar-refractivity contribution in [3.8, 4) is 11.8 Å². The third-order valence-corrected chi connectivity index (χ3v) is 5.71. The molecule has 0 bridgehead atoms. The Hall–Kier alpha value is -1.75. The highest BCUT2D eigenvalue weighted by atomic mass is 16.7. The second-order valence-corrected chi connectivity index (χ2v) is 8.15. The van der Waals surface area contributed by atoms with E-state index in [0.29, 0.717) is 24.5 Å². The highest BCUT2D eigenvalue weighted by Gasteiger charge is 2.52. The van der Waals surface area contributed by atoms with Gasteiger partial charge in [-0.15, -0.1) is 0 Å². The van der Waals surface area contributed by atoms with Crippen LogP contribution in [0, 0.1) is 11.3 Å². The predicted molar refractivity (Wildman–Crippen MR) is 106 cm³/mol. The molecule has 2 fully saturated rings. The Morgan fingerprint density at radius 2 is 1.74 bits per heavy atom. The number of anilines is 1. The van der Waals surface area contributed by atoms with Gasteiger partial charge in [0.25, 0.3) is 0 Å². The van der Waals surface area contributed by atoms with Crippen LogP contribution in [0.25, 0.3) is 0 Å². The molecule has 0 N–H and O–H groups in total. The molecule has 27 heavy (non-hydrogen) atoms. The van der Waals surface area contributed by atoms with E-state index in [1.54, 1.807) is 7.11 Å². The molecule has 7 heteroatoms. The Morgan fingerprint density at radius 3 is 2.30 bits per heavy atom. The SMILES string of the molecule is COCCOc1cc(B2OC(C)(C)C(C)(C)O2)cc(C#N)c1N1CCCC1. The van der Waals surface area contributed by atoms with Gasteiger partial charge < -0.3 is 23.7 Å². The number of hydrogen-bond donors (Lipinski definition) is 0. The van der Waals surface area contributed by atoms with E-state index in [2.05, 4.69) is 11.0 Å². The van der Waals surface area contributed by atoms with Crippen LogP contribution in [0.2, 0.25) is 0 Å². The summed E-state index contributed by atoms with van der Waals surface area (Å²) in [6.45, 7) is 10.9. The molecule has 0 radical (unpaired) electrons. The molecule has 0 aliphatic carbocycles. The van der Waals surface area contributed by atoms with Gasteiger partial charge in [0.15, 0.2) is 0 Å². The van der Waals surface area contributed by atoms with Gasteiger partial charge in [-0.25, -0.2) is 0 Å². The quantitative estimate of drug-likeness (QED) is 0.565. The average molecular weight is 372 g/mol. The molecule has 0 unspecified atom stereocenters. The van der Waals surface area contributed by atoms with Gasteiger partial charge >= 0.3 is 7.12 Å². The van der Waals surface area contributed by atoms with Crippen LogP contribution >= 0.6 is 0 Å². The minimum Gasteiger partial charge on any atom is -0.489 e. The molecule has 0 atom stereocenters. The van der Waals surface area contributed by atoms with Crippen LogP contribution < -0.4 is 15.1 Å². The maximum Gasteiger partial charge on any atom is 0.495 e. The highest BCUT2D eigenvalue weighted by Crippen LogP contribution is 2.38. The topological polar surface area (TPSA) is 64.0 Å². The zero-order valence-corrected chi connectivity index (χ0v) is 17.0. The largest absolute Gasteiger partial charge is 0.495 e. The van der Waals surface area contributed by atoms with Crippen LogP contribution in [-0.2, 0) is 14.0 Å². The van der Waals surface area contributed by atoms with Gasteiger partial charge in [0.2, 0.25) is 0 Å². The van der Waals surface area contributed by atoms with Gasteiger partial charge in [-0.3, -0.25) is 0 Å². The van der Waals surface area contributed by atoms with E-state index in [9.17, 15) is 5.26 Å². The number of nitriles is 1. The molecule has 2 saturated heterocycles. The number of rotatable bonds is 6. The third-order valence-electron chi connectivity index (χ3n) is 5.71. The van der Waals surface area contributed by atoms with E-state index in [-0.39, 0.29) is 0 Å². The van der Waals surface area contributed by atoms with E-state index in [0.717, 1.165) is 37.1 Å². The smallest absolute Gasteiger partial charge is 0.489 e. The number of ether oxygens (including phenoxy) is 2. The highest BCUT2D eigenvalue weighted by molar-refractivity contribution is 6.62. The fourth-order valence-electron chi connectivity index (χ4n) is 3.44. The summed E-state index contributed by atoms with van der Waals surface area (Å²) in [6.07, 6.45) is 2.25. The molecule has 2 aliphatic rings. The van der Waals surface area contributed by atoms with E-state index < -0.39 is 18.3 Å². The maximum atomic E-state index is 9.81. The normalized spacial score (nSPS) is 20.7. The van der Waals surface area contributed by atoms with Crippen LogP contribution in [0.3, 0.4) is 0 Å². The molecular weight excluding hydrogens is 343 g/mol. The summed E-state index contributed by atoms with van der Waals surface area (Å²) < 4.78 is 23.5. The fourth-order valence-corrected chi connectivity index (χ4v) is 3.44. The Labute approximate surface area is 162 Å². The van der Waals surface area contributed by atoms with E-state index >= 15 is 0 Å². The lowest BCUT2D eigenvalue weighted by Crippen LogP contribution is -2.41. The minimum atomic E-state index is -0.528. The summed E-state index contributed by atoms with van der Waals surface area (Å²) >= 11 is 0. The van der Waals surface area contributed by atoms with E-state index in [1.807, 2.05) is 39.8 Å². The zero-order valence-electron chi connectivity index (χ0n) is 17.0. The van der Waals surface area contributed by atoms with Gasteiger partial charge in [-0.05, 0) is 58.1 Å². The van der Waals surface area contributed by atoms with Gasteiger partial charge in [0.05, 0.1) is 29.1 Å². The molecule has 2 aliphatic heterocycles. The van der Waals surface area contributed by atoms with E-state index in [1.165, 1.54) is 0 Å².